The molecule has 0 aromatic heterocycles. The van der Waals surface area contributed by atoms with Gasteiger partial charge in [-0.15, -0.1) is 0 Å². The van der Waals surface area contributed by atoms with Gasteiger partial charge in [-0.3, -0.25) is 0 Å². The fourth-order valence-corrected chi connectivity index (χ4v) is 2.95. The molecular formula is C16H25NO4. The second-order valence-corrected chi connectivity index (χ2v) is 5.20. The molecule has 0 aliphatic carbocycles. The van der Waals surface area contributed by atoms with Crippen molar-refractivity contribution in [2.45, 2.75) is 18.9 Å². The Morgan fingerprint density at radius 1 is 1.14 bits per heavy atom. The molecule has 1 aliphatic rings. The van der Waals surface area contributed by atoms with Crippen LogP contribution in [0.1, 0.15) is 24.5 Å². The summed E-state index contributed by atoms with van der Waals surface area (Å²) in [5, 5.41) is 3.25. The zero-order valence-electron chi connectivity index (χ0n) is 13.3. The molecule has 5 heteroatoms. The van der Waals surface area contributed by atoms with Gasteiger partial charge in [-0.2, -0.15) is 0 Å². The third-order valence-electron chi connectivity index (χ3n) is 3.95. The van der Waals surface area contributed by atoms with Crippen molar-refractivity contribution in [2.75, 3.05) is 41.5 Å². The summed E-state index contributed by atoms with van der Waals surface area (Å²) in [6, 6.07) is 3.76. The van der Waals surface area contributed by atoms with Gasteiger partial charge in [0.25, 0.3) is 0 Å². The molecule has 1 aromatic rings. The van der Waals surface area contributed by atoms with E-state index in [0.29, 0.717) is 11.7 Å². The van der Waals surface area contributed by atoms with Gasteiger partial charge in [0.05, 0.1) is 33.0 Å². The molecule has 2 atom stereocenters. The molecule has 0 bridgehead atoms. The maximum atomic E-state index is 6.05. The molecule has 1 saturated heterocycles. The summed E-state index contributed by atoms with van der Waals surface area (Å²) in [6.07, 6.45) is 2.19. The van der Waals surface area contributed by atoms with Crippen molar-refractivity contribution in [2.24, 2.45) is 5.92 Å². The third-order valence-corrected chi connectivity index (χ3v) is 3.95. The Morgan fingerprint density at radius 2 is 1.81 bits per heavy atom. The lowest BCUT2D eigenvalue weighted by Crippen LogP contribution is -2.30. The molecule has 2 rings (SSSR count). The first-order valence-electron chi connectivity index (χ1n) is 7.31. The van der Waals surface area contributed by atoms with Crippen LogP contribution in [0.3, 0.4) is 0 Å². The van der Waals surface area contributed by atoms with Gasteiger partial charge < -0.3 is 24.3 Å². The van der Waals surface area contributed by atoms with E-state index in [0.717, 1.165) is 43.1 Å². The number of hydrogen-bond donors (Lipinski definition) is 1. The zero-order valence-corrected chi connectivity index (χ0v) is 13.3. The van der Waals surface area contributed by atoms with Crippen LogP contribution in [0.15, 0.2) is 12.1 Å². The van der Waals surface area contributed by atoms with Crippen molar-refractivity contribution in [3.8, 4) is 17.2 Å². The predicted molar refractivity (Wildman–Crippen MR) is 81.4 cm³/mol. The summed E-state index contributed by atoms with van der Waals surface area (Å²) in [5.74, 6) is 2.62. The number of benzene rings is 1. The van der Waals surface area contributed by atoms with Crippen LogP contribution in [0.5, 0.6) is 17.2 Å². The molecule has 0 radical (unpaired) electrons. The van der Waals surface area contributed by atoms with E-state index in [1.807, 2.05) is 19.2 Å². The second-order valence-electron chi connectivity index (χ2n) is 5.20. The molecule has 1 aromatic carbocycles. The monoisotopic (exact) mass is 295 g/mol. The standard InChI is InChI=1S/C16H25NO4/c1-17-10-11-6-5-7-21-16(11)15-13(19-3)8-12(18-2)9-14(15)20-4/h8-9,11,16-17H,5-7,10H2,1-4H3. The molecule has 1 N–H and O–H groups in total. The molecule has 21 heavy (non-hydrogen) atoms. The zero-order chi connectivity index (χ0) is 15.2. The quantitative estimate of drug-likeness (QED) is 0.873. The van der Waals surface area contributed by atoms with Crippen LogP contribution in [0.2, 0.25) is 0 Å². The Balaban J connectivity index is 2.43. The SMILES string of the molecule is CNCC1CCCOC1c1c(OC)cc(OC)cc1OC. The van der Waals surface area contributed by atoms with Crippen LogP contribution in [0, 0.1) is 5.92 Å². The topological polar surface area (TPSA) is 49.0 Å². The smallest absolute Gasteiger partial charge is 0.132 e. The van der Waals surface area contributed by atoms with E-state index in [1.54, 1.807) is 21.3 Å². The molecule has 1 fully saturated rings. The van der Waals surface area contributed by atoms with E-state index in [4.69, 9.17) is 18.9 Å². The van der Waals surface area contributed by atoms with Gasteiger partial charge >= 0.3 is 0 Å². The normalized spacial score (nSPS) is 21.9. The fourth-order valence-electron chi connectivity index (χ4n) is 2.95. The molecule has 1 aliphatic heterocycles. The van der Waals surface area contributed by atoms with Gasteiger partial charge in [-0.1, -0.05) is 0 Å². The first kappa shape index (κ1) is 15.9. The number of ether oxygens (including phenoxy) is 4. The Morgan fingerprint density at radius 3 is 2.33 bits per heavy atom. The minimum Gasteiger partial charge on any atom is -0.496 e. The summed E-state index contributed by atoms with van der Waals surface area (Å²) in [7, 11) is 6.92. The Labute approximate surface area is 126 Å². The molecule has 0 amide bonds. The number of nitrogens with one attached hydrogen (secondary N) is 1. The Bertz CT molecular complexity index is 437. The summed E-state index contributed by atoms with van der Waals surface area (Å²) < 4.78 is 22.4. The van der Waals surface area contributed by atoms with E-state index in [9.17, 15) is 0 Å². The predicted octanol–water partition coefficient (Wildman–Crippen LogP) is 2.40. The fraction of sp³-hybridized carbons (Fsp3) is 0.625. The Kier molecular flexibility index (Phi) is 5.70. The Hall–Kier alpha value is -1.46. The molecule has 2 unspecified atom stereocenters. The van der Waals surface area contributed by atoms with Gasteiger partial charge in [-0.25, -0.2) is 0 Å². The first-order valence-corrected chi connectivity index (χ1v) is 7.31. The minimum absolute atomic E-state index is 0.0259. The van der Waals surface area contributed by atoms with Crippen molar-refractivity contribution in [3.63, 3.8) is 0 Å². The average Bonchev–Trinajstić information content (AvgIpc) is 2.54. The van der Waals surface area contributed by atoms with Crippen LogP contribution < -0.4 is 19.5 Å². The van der Waals surface area contributed by atoms with Gasteiger partial charge in [0.1, 0.15) is 17.2 Å². The van der Waals surface area contributed by atoms with Crippen molar-refractivity contribution in [1.29, 1.82) is 0 Å². The lowest BCUT2D eigenvalue weighted by Gasteiger charge is -2.33. The largest absolute Gasteiger partial charge is 0.496 e. The molecule has 0 spiro atoms. The van der Waals surface area contributed by atoms with Crippen molar-refractivity contribution in [1.82, 2.24) is 5.32 Å². The van der Waals surface area contributed by atoms with Crippen molar-refractivity contribution >= 4 is 0 Å². The van der Waals surface area contributed by atoms with Crippen LogP contribution in [-0.4, -0.2) is 41.5 Å². The van der Waals surface area contributed by atoms with Gasteiger partial charge in [0.15, 0.2) is 0 Å². The van der Waals surface area contributed by atoms with Crippen molar-refractivity contribution < 1.29 is 18.9 Å². The maximum absolute atomic E-state index is 6.05. The highest BCUT2D eigenvalue weighted by molar-refractivity contribution is 5.52. The van der Waals surface area contributed by atoms with Crippen LogP contribution in [-0.2, 0) is 4.74 Å². The molecule has 5 nitrogen and oxygen atoms in total. The molecular weight excluding hydrogens is 270 g/mol. The van der Waals surface area contributed by atoms with Crippen molar-refractivity contribution in [3.05, 3.63) is 17.7 Å². The third kappa shape index (κ3) is 3.41. The van der Waals surface area contributed by atoms with E-state index < -0.39 is 0 Å². The molecule has 0 saturated carbocycles. The number of hydrogen-bond acceptors (Lipinski definition) is 5. The summed E-state index contributed by atoms with van der Waals surface area (Å²) >= 11 is 0. The van der Waals surface area contributed by atoms with E-state index in [-0.39, 0.29) is 6.10 Å². The number of methoxy groups -OCH3 is 3. The van der Waals surface area contributed by atoms with Gasteiger partial charge in [-0.05, 0) is 19.9 Å². The number of rotatable bonds is 6. The summed E-state index contributed by atoms with van der Waals surface area (Å²) in [4.78, 5) is 0. The minimum atomic E-state index is -0.0259. The van der Waals surface area contributed by atoms with Gasteiger partial charge in [0, 0.05) is 31.2 Å². The first-order chi connectivity index (χ1) is 10.2. The van der Waals surface area contributed by atoms with E-state index >= 15 is 0 Å². The van der Waals surface area contributed by atoms with Crippen LogP contribution >= 0.6 is 0 Å². The van der Waals surface area contributed by atoms with Crippen LogP contribution in [0.4, 0.5) is 0 Å². The highest BCUT2D eigenvalue weighted by atomic mass is 16.5. The summed E-state index contributed by atoms with van der Waals surface area (Å²) in [5.41, 5.74) is 0.973. The highest BCUT2D eigenvalue weighted by Crippen LogP contribution is 2.44. The van der Waals surface area contributed by atoms with Gasteiger partial charge in [0.2, 0.25) is 0 Å². The summed E-state index contributed by atoms with van der Waals surface area (Å²) in [6.45, 7) is 1.67. The maximum Gasteiger partial charge on any atom is 0.132 e. The average molecular weight is 295 g/mol. The lowest BCUT2D eigenvalue weighted by molar-refractivity contribution is -0.0295. The highest BCUT2D eigenvalue weighted by Gasteiger charge is 2.32. The van der Waals surface area contributed by atoms with E-state index in [1.165, 1.54) is 0 Å². The van der Waals surface area contributed by atoms with Crippen LogP contribution in [0.25, 0.3) is 0 Å². The second kappa shape index (κ2) is 7.52. The lowest BCUT2D eigenvalue weighted by atomic mass is 9.88. The van der Waals surface area contributed by atoms with E-state index in [2.05, 4.69) is 5.32 Å². The molecule has 118 valence electrons. The molecule has 1 heterocycles.